The van der Waals surface area contributed by atoms with Crippen molar-refractivity contribution in [2.24, 2.45) is 5.84 Å². The molecule has 0 fully saturated rings. The highest BCUT2D eigenvalue weighted by Crippen LogP contribution is 2.31. The Labute approximate surface area is 120 Å². The van der Waals surface area contributed by atoms with Crippen molar-refractivity contribution in [3.8, 4) is 0 Å². The molecule has 2 rings (SSSR count). The Bertz CT molecular complexity index is 649. The van der Waals surface area contributed by atoms with Gasteiger partial charge in [-0.05, 0) is 34.1 Å². The molecule has 1 unspecified atom stereocenters. The van der Waals surface area contributed by atoms with Gasteiger partial charge in [-0.25, -0.2) is 23.0 Å². The predicted molar refractivity (Wildman–Crippen MR) is 69.6 cm³/mol. The Morgan fingerprint density at radius 1 is 1.00 bits per heavy atom. The summed E-state index contributed by atoms with van der Waals surface area (Å²) in [6, 6.07) is 3.60. The van der Waals surface area contributed by atoms with E-state index in [1.54, 1.807) is 0 Å². The van der Waals surface area contributed by atoms with Gasteiger partial charge in [-0.15, -0.1) is 0 Å². The summed E-state index contributed by atoms with van der Waals surface area (Å²) < 4.78 is 54.5. The SMILES string of the molecule is NNC(c1ccc(F)cc1F)c1c(F)ccc(Br)c1F. The average Bonchev–Trinajstić information content (AvgIpc) is 2.40. The molecule has 0 amide bonds. The minimum atomic E-state index is -1.28. The topological polar surface area (TPSA) is 38.0 Å². The van der Waals surface area contributed by atoms with Crippen LogP contribution in [0.25, 0.3) is 0 Å². The number of hydrogen-bond donors (Lipinski definition) is 2. The molecule has 0 heterocycles. The first-order chi connectivity index (χ1) is 9.45. The molecule has 0 aliphatic rings. The van der Waals surface area contributed by atoms with E-state index in [4.69, 9.17) is 5.84 Å². The van der Waals surface area contributed by atoms with E-state index in [0.717, 1.165) is 18.2 Å². The van der Waals surface area contributed by atoms with Crippen LogP contribution in [0.4, 0.5) is 17.6 Å². The van der Waals surface area contributed by atoms with Gasteiger partial charge in [0.15, 0.2) is 0 Å². The van der Waals surface area contributed by atoms with E-state index in [0.29, 0.717) is 6.07 Å². The van der Waals surface area contributed by atoms with Gasteiger partial charge in [0, 0.05) is 17.2 Å². The maximum absolute atomic E-state index is 14.0. The molecule has 0 bridgehead atoms. The average molecular weight is 349 g/mol. The molecule has 0 saturated carbocycles. The van der Waals surface area contributed by atoms with E-state index in [1.807, 2.05) is 0 Å². The highest BCUT2D eigenvalue weighted by Gasteiger charge is 2.25. The van der Waals surface area contributed by atoms with Crippen LogP contribution in [0.15, 0.2) is 34.8 Å². The third kappa shape index (κ3) is 2.70. The summed E-state index contributed by atoms with van der Waals surface area (Å²) in [5.41, 5.74) is 1.53. The van der Waals surface area contributed by atoms with Crippen molar-refractivity contribution in [3.63, 3.8) is 0 Å². The number of hydrogen-bond acceptors (Lipinski definition) is 2. The number of rotatable bonds is 3. The Balaban J connectivity index is 2.61. The van der Waals surface area contributed by atoms with Crippen molar-refractivity contribution in [2.45, 2.75) is 6.04 Å². The molecule has 2 aromatic carbocycles. The number of hydrazine groups is 1. The first kappa shape index (κ1) is 15.0. The molecule has 2 nitrogen and oxygen atoms in total. The van der Waals surface area contributed by atoms with Gasteiger partial charge in [0.2, 0.25) is 0 Å². The normalized spacial score (nSPS) is 12.5. The monoisotopic (exact) mass is 348 g/mol. The molecule has 7 heteroatoms. The lowest BCUT2D eigenvalue weighted by Gasteiger charge is -2.19. The first-order valence-electron chi connectivity index (χ1n) is 5.50. The van der Waals surface area contributed by atoms with Crippen LogP contribution >= 0.6 is 15.9 Å². The highest BCUT2D eigenvalue weighted by atomic mass is 79.9. The van der Waals surface area contributed by atoms with Gasteiger partial charge >= 0.3 is 0 Å². The van der Waals surface area contributed by atoms with Gasteiger partial charge in [-0.1, -0.05) is 6.07 Å². The zero-order valence-electron chi connectivity index (χ0n) is 9.93. The van der Waals surface area contributed by atoms with Crippen molar-refractivity contribution in [3.05, 3.63) is 69.2 Å². The third-order valence-electron chi connectivity index (χ3n) is 2.81. The second kappa shape index (κ2) is 5.90. The molecule has 0 saturated heterocycles. The molecule has 106 valence electrons. The van der Waals surface area contributed by atoms with Crippen LogP contribution < -0.4 is 11.3 Å². The largest absolute Gasteiger partial charge is 0.271 e. The summed E-state index contributed by atoms with van der Waals surface area (Å²) in [4.78, 5) is 0. The summed E-state index contributed by atoms with van der Waals surface area (Å²) in [5, 5.41) is 0. The Morgan fingerprint density at radius 2 is 1.70 bits per heavy atom. The maximum Gasteiger partial charge on any atom is 0.145 e. The van der Waals surface area contributed by atoms with E-state index >= 15 is 0 Å². The molecule has 3 N–H and O–H groups in total. The summed E-state index contributed by atoms with van der Waals surface area (Å²) in [7, 11) is 0. The van der Waals surface area contributed by atoms with Crippen molar-refractivity contribution in [2.75, 3.05) is 0 Å². The summed E-state index contributed by atoms with van der Waals surface area (Å²) in [6.45, 7) is 0. The predicted octanol–water partition coefficient (Wildman–Crippen LogP) is 3.56. The van der Waals surface area contributed by atoms with Gasteiger partial charge in [0.25, 0.3) is 0 Å². The highest BCUT2D eigenvalue weighted by molar-refractivity contribution is 9.10. The zero-order valence-corrected chi connectivity index (χ0v) is 11.5. The zero-order chi connectivity index (χ0) is 14.9. The van der Waals surface area contributed by atoms with Crippen LogP contribution in [0.3, 0.4) is 0 Å². The Kier molecular flexibility index (Phi) is 4.42. The molecule has 0 aliphatic heterocycles. The minimum absolute atomic E-state index is 0.0108. The third-order valence-corrected chi connectivity index (χ3v) is 3.42. The van der Waals surface area contributed by atoms with Crippen LogP contribution in [0.1, 0.15) is 17.2 Å². The summed E-state index contributed by atoms with van der Waals surface area (Å²) >= 11 is 2.92. The fourth-order valence-electron chi connectivity index (χ4n) is 1.87. The van der Waals surface area contributed by atoms with Crippen LogP contribution in [-0.4, -0.2) is 0 Å². The molecule has 20 heavy (non-hydrogen) atoms. The lowest BCUT2D eigenvalue weighted by Crippen LogP contribution is -2.31. The second-order valence-electron chi connectivity index (χ2n) is 4.02. The number of nitrogens with one attached hydrogen (secondary N) is 1. The van der Waals surface area contributed by atoms with Gasteiger partial charge < -0.3 is 0 Å². The van der Waals surface area contributed by atoms with Crippen molar-refractivity contribution in [1.82, 2.24) is 5.43 Å². The molecule has 1 atom stereocenters. The summed E-state index contributed by atoms with van der Waals surface area (Å²) in [6.07, 6.45) is 0. The van der Waals surface area contributed by atoms with Crippen LogP contribution in [0.5, 0.6) is 0 Å². The second-order valence-corrected chi connectivity index (χ2v) is 4.88. The van der Waals surface area contributed by atoms with Crippen LogP contribution in [-0.2, 0) is 0 Å². The van der Waals surface area contributed by atoms with Gasteiger partial charge in [-0.2, -0.15) is 0 Å². The number of halogens is 5. The van der Waals surface area contributed by atoms with E-state index in [1.165, 1.54) is 6.07 Å². The lowest BCUT2D eigenvalue weighted by molar-refractivity contribution is 0.489. The Hall–Kier alpha value is -1.44. The van der Waals surface area contributed by atoms with Gasteiger partial charge in [-0.3, -0.25) is 5.84 Å². The van der Waals surface area contributed by atoms with E-state index in [9.17, 15) is 17.6 Å². The number of benzene rings is 2. The van der Waals surface area contributed by atoms with Gasteiger partial charge in [0.05, 0.1) is 10.5 Å². The van der Waals surface area contributed by atoms with E-state index < -0.39 is 34.9 Å². The van der Waals surface area contributed by atoms with Crippen molar-refractivity contribution < 1.29 is 17.6 Å². The van der Waals surface area contributed by atoms with Gasteiger partial charge in [0.1, 0.15) is 23.3 Å². The fraction of sp³-hybridized carbons (Fsp3) is 0.0769. The molecule has 0 aromatic heterocycles. The van der Waals surface area contributed by atoms with Crippen molar-refractivity contribution >= 4 is 15.9 Å². The fourth-order valence-corrected chi connectivity index (χ4v) is 2.22. The van der Waals surface area contributed by atoms with Crippen LogP contribution in [0.2, 0.25) is 0 Å². The minimum Gasteiger partial charge on any atom is -0.271 e. The molecule has 0 aliphatic carbocycles. The number of nitrogens with two attached hydrogens (primary N) is 1. The smallest absolute Gasteiger partial charge is 0.145 e. The summed E-state index contributed by atoms with van der Waals surface area (Å²) in [5.74, 6) is 1.73. The molecular weight excluding hydrogens is 340 g/mol. The Morgan fingerprint density at radius 3 is 2.30 bits per heavy atom. The lowest BCUT2D eigenvalue weighted by atomic mass is 9.97. The molecular formula is C13H9BrF4N2. The van der Waals surface area contributed by atoms with E-state index in [2.05, 4.69) is 21.4 Å². The van der Waals surface area contributed by atoms with Crippen molar-refractivity contribution in [1.29, 1.82) is 0 Å². The quantitative estimate of drug-likeness (QED) is 0.385. The maximum atomic E-state index is 14.0. The van der Waals surface area contributed by atoms with E-state index in [-0.39, 0.29) is 10.0 Å². The molecule has 2 aromatic rings. The molecule has 0 spiro atoms. The molecule has 0 radical (unpaired) electrons. The standard InChI is InChI=1S/C13H9BrF4N2/c14-8-3-4-9(16)11(12(8)18)13(20-19)7-2-1-6(15)5-10(7)17/h1-5,13,20H,19H2. The van der Waals surface area contributed by atoms with Crippen LogP contribution in [0, 0.1) is 23.3 Å². The first-order valence-corrected chi connectivity index (χ1v) is 6.29.